The van der Waals surface area contributed by atoms with Gasteiger partial charge >= 0.3 is 0 Å². The van der Waals surface area contributed by atoms with Crippen molar-refractivity contribution in [2.75, 3.05) is 6.54 Å². The summed E-state index contributed by atoms with van der Waals surface area (Å²) in [6.07, 6.45) is 4.86. The molecule has 3 N–H and O–H groups in total. The number of nitrogens with zero attached hydrogens (tertiary/aromatic N) is 1. The van der Waals surface area contributed by atoms with Gasteiger partial charge in [-0.3, -0.25) is 0 Å². The van der Waals surface area contributed by atoms with Gasteiger partial charge in [-0.2, -0.15) is 0 Å². The van der Waals surface area contributed by atoms with Crippen molar-refractivity contribution in [1.29, 1.82) is 0 Å². The molecule has 3 nitrogen and oxygen atoms in total. The lowest BCUT2D eigenvalue weighted by molar-refractivity contribution is 0.794. The summed E-state index contributed by atoms with van der Waals surface area (Å²) >= 11 is 0. The second-order valence-corrected chi connectivity index (χ2v) is 4.19. The van der Waals surface area contributed by atoms with E-state index in [0.29, 0.717) is 6.54 Å². The maximum absolute atomic E-state index is 5.48. The Kier molecular flexibility index (Phi) is 3.94. The van der Waals surface area contributed by atoms with Gasteiger partial charge in [-0.15, -0.1) is 0 Å². The van der Waals surface area contributed by atoms with Crippen LogP contribution < -0.4 is 5.73 Å². The van der Waals surface area contributed by atoms with E-state index in [4.69, 9.17) is 5.73 Å². The Morgan fingerprint density at radius 2 is 2.00 bits per heavy atom. The number of hydrogen-bond acceptors (Lipinski definition) is 2. The molecule has 0 fully saturated rings. The van der Waals surface area contributed by atoms with Crippen molar-refractivity contribution in [1.82, 2.24) is 9.97 Å². The first-order valence-corrected chi connectivity index (χ1v) is 6.16. The molecule has 0 amide bonds. The predicted molar refractivity (Wildman–Crippen MR) is 70.8 cm³/mol. The third-order valence-corrected chi connectivity index (χ3v) is 2.92. The van der Waals surface area contributed by atoms with Gasteiger partial charge < -0.3 is 10.7 Å². The van der Waals surface area contributed by atoms with Crippen molar-refractivity contribution in [3.05, 3.63) is 41.9 Å². The van der Waals surface area contributed by atoms with Crippen LogP contribution in [0.4, 0.5) is 0 Å². The summed E-state index contributed by atoms with van der Waals surface area (Å²) in [6, 6.07) is 8.60. The van der Waals surface area contributed by atoms with E-state index >= 15 is 0 Å². The highest BCUT2D eigenvalue weighted by Crippen LogP contribution is 2.18. The van der Waals surface area contributed by atoms with Gasteiger partial charge in [-0.1, -0.05) is 31.2 Å². The minimum Gasteiger partial charge on any atom is -0.342 e. The first-order chi connectivity index (χ1) is 8.33. The second kappa shape index (κ2) is 5.64. The summed E-state index contributed by atoms with van der Waals surface area (Å²) in [5.74, 6) is 1.02. The van der Waals surface area contributed by atoms with E-state index in [1.54, 1.807) is 0 Å². The number of aromatic amines is 1. The molecule has 90 valence electrons. The van der Waals surface area contributed by atoms with E-state index in [-0.39, 0.29) is 0 Å². The Hall–Kier alpha value is -1.61. The van der Waals surface area contributed by atoms with Crippen molar-refractivity contribution in [2.24, 2.45) is 5.73 Å². The van der Waals surface area contributed by atoms with Crippen LogP contribution in [0.5, 0.6) is 0 Å². The number of aryl methyl sites for hydroxylation is 2. The van der Waals surface area contributed by atoms with E-state index in [1.165, 1.54) is 11.1 Å². The molecule has 0 spiro atoms. The normalized spacial score (nSPS) is 10.7. The minimum absolute atomic E-state index is 0.710. The SMILES string of the molecule is CCc1ccc(-c2cnc(CCCN)[nH]2)cc1. The molecule has 0 radical (unpaired) electrons. The molecule has 3 heteroatoms. The third kappa shape index (κ3) is 2.94. The van der Waals surface area contributed by atoms with Crippen LogP contribution in [0.15, 0.2) is 30.5 Å². The first-order valence-electron chi connectivity index (χ1n) is 6.16. The highest BCUT2D eigenvalue weighted by molar-refractivity contribution is 5.58. The fourth-order valence-electron chi connectivity index (χ4n) is 1.83. The fourth-order valence-corrected chi connectivity index (χ4v) is 1.83. The smallest absolute Gasteiger partial charge is 0.106 e. The number of H-pyrrole nitrogens is 1. The van der Waals surface area contributed by atoms with Crippen LogP contribution >= 0.6 is 0 Å². The first kappa shape index (κ1) is 11.9. The zero-order chi connectivity index (χ0) is 12.1. The van der Waals surface area contributed by atoms with Crippen molar-refractivity contribution in [3.8, 4) is 11.3 Å². The molecule has 1 aromatic heterocycles. The molecule has 0 bridgehead atoms. The predicted octanol–water partition coefficient (Wildman–Crippen LogP) is 2.53. The Morgan fingerprint density at radius 3 is 2.65 bits per heavy atom. The molecule has 0 saturated heterocycles. The summed E-state index contributed by atoms with van der Waals surface area (Å²) < 4.78 is 0. The van der Waals surface area contributed by atoms with Gasteiger partial charge in [0, 0.05) is 6.42 Å². The number of hydrogen-bond donors (Lipinski definition) is 2. The average Bonchev–Trinajstić information content (AvgIpc) is 2.85. The fraction of sp³-hybridized carbons (Fsp3) is 0.357. The molecule has 2 aromatic rings. The molecular weight excluding hydrogens is 210 g/mol. The van der Waals surface area contributed by atoms with Crippen molar-refractivity contribution in [3.63, 3.8) is 0 Å². The molecule has 0 saturated carbocycles. The highest BCUT2D eigenvalue weighted by Gasteiger charge is 2.02. The van der Waals surface area contributed by atoms with Crippen molar-refractivity contribution < 1.29 is 0 Å². The quantitative estimate of drug-likeness (QED) is 0.827. The number of aromatic nitrogens is 2. The van der Waals surface area contributed by atoms with Crippen LogP contribution in [0.1, 0.15) is 24.7 Å². The van der Waals surface area contributed by atoms with Crippen LogP contribution in [0.3, 0.4) is 0 Å². The monoisotopic (exact) mass is 229 g/mol. The molecule has 0 aliphatic carbocycles. The van der Waals surface area contributed by atoms with Crippen LogP contribution in [0.2, 0.25) is 0 Å². The van der Waals surface area contributed by atoms with Gasteiger partial charge in [-0.05, 0) is 30.5 Å². The van der Waals surface area contributed by atoms with E-state index < -0.39 is 0 Å². The number of benzene rings is 1. The lowest BCUT2D eigenvalue weighted by Crippen LogP contribution is -2.01. The van der Waals surface area contributed by atoms with Gasteiger partial charge in [0.15, 0.2) is 0 Å². The Labute approximate surface area is 102 Å². The van der Waals surface area contributed by atoms with Crippen molar-refractivity contribution >= 4 is 0 Å². The molecule has 0 aliphatic heterocycles. The second-order valence-electron chi connectivity index (χ2n) is 4.19. The van der Waals surface area contributed by atoms with Crippen molar-refractivity contribution in [2.45, 2.75) is 26.2 Å². The van der Waals surface area contributed by atoms with E-state index in [2.05, 4.69) is 41.2 Å². The van der Waals surface area contributed by atoms with Crippen LogP contribution in [0.25, 0.3) is 11.3 Å². The summed E-state index contributed by atoms with van der Waals surface area (Å²) in [5, 5.41) is 0. The summed E-state index contributed by atoms with van der Waals surface area (Å²) in [6.45, 7) is 2.87. The maximum Gasteiger partial charge on any atom is 0.106 e. The molecule has 0 unspecified atom stereocenters. The van der Waals surface area contributed by atoms with Gasteiger partial charge in [0.1, 0.15) is 5.82 Å². The number of rotatable bonds is 5. The van der Waals surface area contributed by atoms with E-state index in [1.807, 2.05) is 6.20 Å². The zero-order valence-corrected chi connectivity index (χ0v) is 10.2. The topological polar surface area (TPSA) is 54.7 Å². The molecule has 17 heavy (non-hydrogen) atoms. The Morgan fingerprint density at radius 1 is 1.24 bits per heavy atom. The molecular formula is C14H19N3. The molecule has 1 heterocycles. The third-order valence-electron chi connectivity index (χ3n) is 2.92. The van der Waals surface area contributed by atoms with E-state index in [9.17, 15) is 0 Å². The average molecular weight is 229 g/mol. The Balaban J connectivity index is 2.12. The van der Waals surface area contributed by atoms with Gasteiger partial charge in [0.2, 0.25) is 0 Å². The molecule has 1 aromatic carbocycles. The molecule has 0 atom stereocenters. The van der Waals surface area contributed by atoms with Crippen LogP contribution in [-0.4, -0.2) is 16.5 Å². The maximum atomic E-state index is 5.48. The van der Waals surface area contributed by atoms with Gasteiger partial charge in [0.05, 0.1) is 11.9 Å². The lowest BCUT2D eigenvalue weighted by atomic mass is 10.1. The van der Waals surface area contributed by atoms with Crippen LogP contribution in [-0.2, 0) is 12.8 Å². The highest BCUT2D eigenvalue weighted by atomic mass is 14.9. The van der Waals surface area contributed by atoms with Gasteiger partial charge in [0.25, 0.3) is 0 Å². The molecule has 0 aliphatic rings. The zero-order valence-electron chi connectivity index (χ0n) is 10.2. The molecule has 2 rings (SSSR count). The standard InChI is InChI=1S/C14H19N3/c1-2-11-5-7-12(8-6-11)13-10-16-14(17-13)4-3-9-15/h5-8,10H,2-4,9,15H2,1H3,(H,16,17). The van der Waals surface area contributed by atoms with Gasteiger partial charge in [-0.25, -0.2) is 4.98 Å². The largest absolute Gasteiger partial charge is 0.342 e. The lowest BCUT2D eigenvalue weighted by Gasteiger charge is -2.00. The van der Waals surface area contributed by atoms with Crippen LogP contribution in [0, 0.1) is 0 Å². The minimum atomic E-state index is 0.710. The number of nitrogens with two attached hydrogens (primary N) is 1. The summed E-state index contributed by atoms with van der Waals surface area (Å²) in [7, 11) is 0. The number of nitrogens with one attached hydrogen (secondary N) is 1. The Bertz CT molecular complexity index is 457. The summed E-state index contributed by atoms with van der Waals surface area (Å²) in [4.78, 5) is 7.70. The van der Waals surface area contributed by atoms with E-state index in [0.717, 1.165) is 30.8 Å². The number of imidazole rings is 1. The summed E-state index contributed by atoms with van der Waals surface area (Å²) in [5.41, 5.74) is 9.11.